The number of furan rings is 1. The summed E-state index contributed by atoms with van der Waals surface area (Å²) in [6.45, 7) is 0. The van der Waals surface area contributed by atoms with Crippen molar-refractivity contribution in [2.24, 2.45) is 13.9 Å². The van der Waals surface area contributed by atoms with E-state index < -0.39 is 21.5 Å². The topological polar surface area (TPSA) is 82.3 Å². The number of benzene rings is 8. The Balaban J connectivity index is 1.13. The van der Waals surface area contributed by atoms with Gasteiger partial charge in [0, 0.05) is 6.42 Å². The fraction of sp³-hybridized carbons (Fsp3) is 0.0196. The molecule has 9 aromatic rings. The molecule has 6 nitrogen and oxygen atoms in total. The second-order valence-corrected chi connectivity index (χ2v) is 17.6. The Hall–Kier alpha value is -6.62. The first-order chi connectivity index (χ1) is 29.1. The number of nitrogens with two attached hydrogens (primary N) is 1. The summed E-state index contributed by atoms with van der Waals surface area (Å²) in [6, 6.07) is 59.9. The van der Waals surface area contributed by atoms with Gasteiger partial charge >= 0.3 is 257 Å². The number of halogens is 1. The number of fused-ring (bicyclic) bond motifs is 7. The molecule has 0 saturated carbocycles. The third-order valence-corrected chi connectivity index (χ3v) is 13.7. The van der Waals surface area contributed by atoms with Gasteiger partial charge in [0.05, 0.1) is 4.90 Å². The number of nitrogens with zero attached hydrogens (tertiary/aromatic N) is 2. The molecule has 8 heteroatoms. The van der Waals surface area contributed by atoms with E-state index in [0.29, 0.717) is 17.3 Å². The van der Waals surface area contributed by atoms with Crippen molar-refractivity contribution in [1.82, 2.24) is 0 Å². The minimum atomic E-state index is -0.718. The molecule has 0 saturated heterocycles. The van der Waals surface area contributed by atoms with Crippen LogP contribution in [0.25, 0.3) is 44.2 Å². The third kappa shape index (κ3) is 6.54. The van der Waals surface area contributed by atoms with Crippen molar-refractivity contribution >= 4 is 45.4 Å². The number of hydrogen-bond acceptors (Lipinski definition) is 5. The van der Waals surface area contributed by atoms with Crippen molar-refractivity contribution in [2.75, 3.05) is 0 Å². The molecule has 0 fully saturated rings. The average molecular weight is 895 g/mol. The van der Waals surface area contributed by atoms with Crippen molar-refractivity contribution in [1.29, 1.82) is 0 Å². The Labute approximate surface area is 355 Å². The molecule has 0 aliphatic carbocycles. The van der Waals surface area contributed by atoms with Crippen LogP contribution in [0.5, 0.6) is 23.0 Å². The van der Waals surface area contributed by atoms with Crippen molar-refractivity contribution in [3.05, 3.63) is 202 Å². The molecule has 0 unspecified atom stereocenters. The van der Waals surface area contributed by atoms with Gasteiger partial charge in [-0.25, -0.2) is 0 Å². The summed E-state index contributed by atoms with van der Waals surface area (Å²) >= 11 is 0.992. The molecule has 0 radical (unpaired) electrons. The molecule has 0 atom stereocenters. The quantitative estimate of drug-likeness (QED) is 0.102. The summed E-state index contributed by atoms with van der Waals surface area (Å²) in [4.78, 5) is 7.19. The zero-order chi connectivity index (χ0) is 39.3. The van der Waals surface area contributed by atoms with Gasteiger partial charge in [0.2, 0.25) is 0 Å². The van der Waals surface area contributed by atoms with Gasteiger partial charge in [-0.15, -0.1) is 0 Å². The Morgan fingerprint density at radius 3 is 2.17 bits per heavy atom. The predicted octanol–water partition coefficient (Wildman–Crippen LogP) is 9.90. The van der Waals surface area contributed by atoms with Crippen LogP contribution in [-0.4, -0.2) is 11.7 Å². The molecule has 0 amide bonds. The Morgan fingerprint density at radius 2 is 1.29 bits per heavy atom. The van der Waals surface area contributed by atoms with Crippen LogP contribution < -0.4 is 36.7 Å². The molecule has 0 bridgehead atoms. The Kier molecular flexibility index (Phi) is 9.01. The standard InChI is InChI=1S/C51H33IN3O3S/c53-50(54-51(31-14-3-1-4-15-31)55-52-35-18-5-2-6-19-35)38-22-12-25-43-46(38)40-30-34(36-20-11-17-33-28-32-16-7-8-23-41(32)56-47(33)36)29-39(48(40)58-43)37-21-13-27-45-49(37)57-42-24-9-10-26-44(42)59-45/h1-27,29-30H,28H2,(H2,53,54,55)/q-1. The Bertz CT molecular complexity index is 3160. The monoisotopic (exact) mass is 894 g/mol. The Morgan fingerprint density at radius 1 is 0.593 bits per heavy atom. The van der Waals surface area contributed by atoms with Crippen LogP contribution in [0.1, 0.15) is 22.3 Å². The normalized spacial score (nSPS) is 13.3. The van der Waals surface area contributed by atoms with E-state index in [4.69, 9.17) is 27.8 Å². The first-order valence-corrected chi connectivity index (χ1v) is 22.1. The maximum absolute atomic E-state index is 7.09. The van der Waals surface area contributed by atoms with E-state index in [-0.39, 0.29) is 0 Å². The van der Waals surface area contributed by atoms with Gasteiger partial charge in [-0.1, -0.05) is 48.2 Å². The van der Waals surface area contributed by atoms with Crippen molar-refractivity contribution in [3.8, 4) is 45.3 Å². The number of aliphatic imine (C=N–C) groups is 1. The van der Waals surface area contributed by atoms with E-state index >= 15 is 0 Å². The van der Waals surface area contributed by atoms with Gasteiger partial charge in [-0.3, -0.25) is 0 Å². The van der Waals surface area contributed by atoms with E-state index in [1.165, 1.54) is 9.13 Å². The van der Waals surface area contributed by atoms with E-state index in [1.807, 2.05) is 97.1 Å². The van der Waals surface area contributed by atoms with Gasteiger partial charge in [0.25, 0.3) is 0 Å². The molecule has 11 rings (SSSR count). The third-order valence-electron chi connectivity index (χ3n) is 10.6. The number of hydrogen-bond donors (Lipinski definition) is 1. The number of rotatable bonds is 6. The van der Waals surface area contributed by atoms with Gasteiger partial charge in [0.15, 0.2) is 0 Å². The molecule has 284 valence electrons. The summed E-state index contributed by atoms with van der Waals surface area (Å²) in [5.74, 6) is 4.31. The van der Waals surface area contributed by atoms with E-state index in [1.54, 1.807) is 11.8 Å². The van der Waals surface area contributed by atoms with Crippen LogP contribution in [0.15, 0.2) is 198 Å². The van der Waals surface area contributed by atoms with Crippen LogP contribution in [0.4, 0.5) is 0 Å². The zero-order valence-electron chi connectivity index (χ0n) is 31.4. The van der Waals surface area contributed by atoms with Gasteiger partial charge in [-0.2, -0.15) is 0 Å². The summed E-state index contributed by atoms with van der Waals surface area (Å²) in [5.41, 5.74) is 16.3. The zero-order valence-corrected chi connectivity index (χ0v) is 34.4. The molecule has 0 spiro atoms. The molecule has 1 aromatic heterocycles. The molecule has 8 aromatic carbocycles. The fourth-order valence-corrected chi connectivity index (χ4v) is 10.5. The van der Waals surface area contributed by atoms with E-state index in [2.05, 4.69) is 78.9 Å². The first-order valence-electron chi connectivity index (χ1n) is 19.3. The van der Waals surface area contributed by atoms with Gasteiger partial charge in [-0.05, 0) is 29.8 Å². The second kappa shape index (κ2) is 15.0. The molecule has 2 N–H and O–H groups in total. The average Bonchev–Trinajstić information content (AvgIpc) is 3.68. The minimum absolute atomic E-state index is 0.357. The van der Waals surface area contributed by atoms with Crippen LogP contribution in [0, 0.1) is 3.57 Å². The van der Waals surface area contributed by atoms with Crippen LogP contribution in [-0.2, 0) is 6.42 Å². The van der Waals surface area contributed by atoms with Crippen LogP contribution in [0.2, 0.25) is 0 Å². The summed E-state index contributed by atoms with van der Waals surface area (Å²) in [7, 11) is 0. The van der Waals surface area contributed by atoms with Crippen molar-refractivity contribution in [2.45, 2.75) is 16.2 Å². The van der Waals surface area contributed by atoms with E-state index in [0.717, 1.165) is 94.5 Å². The molecular formula is C51H33IN3O3S-. The first kappa shape index (κ1) is 35.5. The number of para-hydroxylation sites is 4. The molecule has 2 aliphatic heterocycles. The van der Waals surface area contributed by atoms with Gasteiger partial charge in [0.1, 0.15) is 11.5 Å². The van der Waals surface area contributed by atoms with Crippen LogP contribution in [0.3, 0.4) is 0 Å². The molecule has 3 heterocycles. The maximum atomic E-state index is 7.09. The summed E-state index contributed by atoms with van der Waals surface area (Å²) in [6.07, 6.45) is 0.786. The number of amidine groups is 2. The molecule has 59 heavy (non-hydrogen) atoms. The molecular weight excluding hydrogens is 862 g/mol. The fourth-order valence-electron chi connectivity index (χ4n) is 7.85. The second-order valence-electron chi connectivity index (χ2n) is 14.3. The summed E-state index contributed by atoms with van der Waals surface area (Å²) < 4.78 is 26.6. The van der Waals surface area contributed by atoms with Crippen molar-refractivity contribution < 1.29 is 35.4 Å². The van der Waals surface area contributed by atoms with Gasteiger partial charge < -0.3 is 0 Å². The SMILES string of the molecule is NC(=NC(=N[I-]c1ccccc1)c1ccccc1)c1cccc2oc3c(-c4cccc5c4Oc4ccccc4S5)cc(-c4cccc5c4Oc4ccccc4C5)cc3c12. The molecule has 2 aliphatic rings. The van der Waals surface area contributed by atoms with Crippen molar-refractivity contribution in [3.63, 3.8) is 0 Å². The number of ether oxygens (including phenoxy) is 2. The summed E-state index contributed by atoms with van der Waals surface area (Å²) in [5, 5.41) is 1.78. The van der Waals surface area contributed by atoms with E-state index in [9.17, 15) is 0 Å². The predicted molar refractivity (Wildman–Crippen MR) is 233 cm³/mol. The van der Waals surface area contributed by atoms with Crippen LogP contribution >= 0.6 is 11.8 Å².